The van der Waals surface area contributed by atoms with Gasteiger partial charge in [0, 0.05) is 36.3 Å². The fourth-order valence-electron chi connectivity index (χ4n) is 4.56. The number of fused-ring (bicyclic) bond motifs is 2. The van der Waals surface area contributed by atoms with Crippen molar-refractivity contribution in [3.63, 3.8) is 0 Å². The number of aromatic nitrogens is 2. The molecule has 30 heavy (non-hydrogen) atoms. The molecule has 5 rings (SSSR count). The number of benzene rings is 1. The van der Waals surface area contributed by atoms with Crippen LogP contribution in [0, 0.1) is 0 Å². The summed E-state index contributed by atoms with van der Waals surface area (Å²) < 4.78 is 0. The molecule has 154 valence electrons. The number of amides is 2. The van der Waals surface area contributed by atoms with Gasteiger partial charge in [-0.1, -0.05) is 37.5 Å². The fraction of sp³-hybridized carbons (Fsp3) is 0.375. The number of nitrogens with zero attached hydrogens (tertiary/aromatic N) is 3. The van der Waals surface area contributed by atoms with Crippen molar-refractivity contribution in [2.24, 2.45) is 0 Å². The molecule has 6 heteroatoms. The van der Waals surface area contributed by atoms with E-state index >= 15 is 0 Å². The lowest BCUT2D eigenvalue weighted by molar-refractivity contribution is 0.184. The van der Waals surface area contributed by atoms with Gasteiger partial charge in [0.1, 0.15) is 5.82 Å². The Hall–Kier alpha value is -3.15. The zero-order valence-electron chi connectivity index (χ0n) is 17.1. The lowest BCUT2D eigenvalue weighted by Gasteiger charge is -2.32. The molecular weight excluding hydrogens is 374 g/mol. The first-order valence-corrected chi connectivity index (χ1v) is 10.9. The van der Waals surface area contributed by atoms with Crippen LogP contribution in [0.15, 0.2) is 48.8 Å². The molecule has 6 nitrogen and oxygen atoms in total. The van der Waals surface area contributed by atoms with Crippen LogP contribution in [0.1, 0.15) is 43.2 Å². The topological polar surface area (TPSA) is 70.2 Å². The summed E-state index contributed by atoms with van der Waals surface area (Å²) in [5.41, 5.74) is 4.25. The summed E-state index contributed by atoms with van der Waals surface area (Å²) in [6.07, 6.45) is 10.4. The number of carbonyl (C=O) groups excluding carboxylic acids is 1. The number of nitrogens with one attached hydrogen (secondary N) is 2. The molecule has 2 amide bonds. The Bertz CT molecular complexity index is 1060. The summed E-state index contributed by atoms with van der Waals surface area (Å²) in [6.45, 7) is 1.34. The second-order valence-electron chi connectivity index (χ2n) is 8.29. The number of pyridine rings is 2. The number of hydrogen-bond donors (Lipinski definition) is 2. The van der Waals surface area contributed by atoms with Gasteiger partial charge in [0.15, 0.2) is 0 Å². The van der Waals surface area contributed by atoms with Crippen molar-refractivity contribution in [3.8, 4) is 0 Å². The molecule has 3 heterocycles. The summed E-state index contributed by atoms with van der Waals surface area (Å²) in [4.78, 5) is 23.8. The predicted octanol–water partition coefficient (Wildman–Crippen LogP) is 4.77. The third kappa shape index (κ3) is 3.95. The van der Waals surface area contributed by atoms with E-state index in [9.17, 15) is 4.79 Å². The van der Waals surface area contributed by atoms with E-state index in [4.69, 9.17) is 0 Å². The van der Waals surface area contributed by atoms with Crippen LogP contribution in [-0.4, -0.2) is 33.5 Å². The van der Waals surface area contributed by atoms with Crippen LogP contribution in [0.25, 0.3) is 10.9 Å². The van der Waals surface area contributed by atoms with E-state index < -0.39 is 0 Å². The highest BCUT2D eigenvalue weighted by molar-refractivity contribution is 5.82. The van der Waals surface area contributed by atoms with Crippen LogP contribution in [0.4, 0.5) is 16.3 Å². The van der Waals surface area contributed by atoms with E-state index in [1.165, 1.54) is 24.8 Å². The smallest absolute Gasteiger partial charge is 0.317 e. The minimum Gasteiger partial charge on any atom is -0.339 e. The van der Waals surface area contributed by atoms with Crippen molar-refractivity contribution < 1.29 is 4.79 Å². The van der Waals surface area contributed by atoms with Crippen LogP contribution < -0.4 is 10.6 Å². The van der Waals surface area contributed by atoms with Gasteiger partial charge < -0.3 is 15.5 Å². The minimum absolute atomic E-state index is 0.0672. The molecule has 0 bridgehead atoms. The monoisotopic (exact) mass is 401 g/mol. The molecule has 0 spiro atoms. The second kappa shape index (κ2) is 8.30. The molecule has 2 aliphatic rings. The maximum absolute atomic E-state index is 12.8. The van der Waals surface area contributed by atoms with Gasteiger partial charge in [-0.15, -0.1) is 0 Å². The van der Waals surface area contributed by atoms with Crippen molar-refractivity contribution in [1.29, 1.82) is 0 Å². The lowest BCUT2D eigenvalue weighted by Crippen LogP contribution is -2.47. The molecule has 2 N–H and O–H groups in total. The van der Waals surface area contributed by atoms with Gasteiger partial charge >= 0.3 is 6.03 Å². The largest absolute Gasteiger partial charge is 0.339 e. The van der Waals surface area contributed by atoms with Crippen LogP contribution >= 0.6 is 0 Å². The van der Waals surface area contributed by atoms with Crippen molar-refractivity contribution in [2.45, 2.75) is 51.1 Å². The van der Waals surface area contributed by atoms with Crippen molar-refractivity contribution in [3.05, 3.63) is 59.9 Å². The van der Waals surface area contributed by atoms with E-state index in [1.54, 1.807) is 0 Å². The number of urea groups is 1. The van der Waals surface area contributed by atoms with Crippen LogP contribution in [-0.2, 0) is 13.0 Å². The number of rotatable bonds is 3. The first kappa shape index (κ1) is 18.9. The Balaban J connectivity index is 1.30. The van der Waals surface area contributed by atoms with Gasteiger partial charge in [-0.2, -0.15) is 0 Å². The van der Waals surface area contributed by atoms with Crippen molar-refractivity contribution >= 4 is 28.4 Å². The number of carbonyl (C=O) groups is 1. The van der Waals surface area contributed by atoms with Gasteiger partial charge in [-0.05, 0) is 43.0 Å². The second-order valence-corrected chi connectivity index (χ2v) is 8.29. The molecule has 1 saturated carbocycles. The van der Waals surface area contributed by atoms with Crippen molar-refractivity contribution in [2.75, 3.05) is 11.9 Å². The maximum Gasteiger partial charge on any atom is 0.317 e. The highest BCUT2D eigenvalue weighted by Gasteiger charge is 2.25. The number of hydrogen-bond acceptors (Lipinski definition) is 4. The zero-order valence-corrected chi connectivity index (χ0v) is 17.1. The third-order valence-electron chi connectivity index (χ3n) is 6.22. The summed E-state index contributed by atoms with van der Waals surface area (Å²) in [6, 6.07) is 12.6. The minimum atomic E-state index is 0.0672. The molecule has 1 fully saturated rings. The van der Waals surface area contributed by atoms with Gasteiger partial charge in [0.25, 0.3) is 0 Å². The molecular formula is C24H27N5O. The zero-order chi connectivity index (χ0) is 20.3. The highest BCUT2D eigenvalue weighted by atomic mass is 16.2. The highest BCUT2D eigenvalue weighted by Crippen LogP contribution is 2.28. The van der Waals surface area contributed by atoms with E-state index in [1.807, 2.05) is 41.6 Å². The van der Waals surface area contributed by atoms with Gasteiger partial charge in [-0.3, -0.25) is 4.98 Å². The average Bonchev–Trinajstić information content (AvgIpc) is 2.79. The fourth-order valence-corrected chi connectivity index (χ4v) is 4.56. The Morgan fingerprint density at radius 3 is 2.83 bits per heavy atom. The Morgan fingerprint density at radius 2 is 1.93 bits per heavy atom. The molecule has 0 atom stereocenters. The molecule has 2 aromatic heterocycles. The summed E-state index contributed by atoms with van der Waals surface area (Å²) in [7, 11) is 0. The van der Waals surface area contributed by atoms with Crippen LogP contribution in [0.2, 0.25) is 0 Å². The normalized spacial score (nSPS) is 16.9. The molecule has 0 unspecified atom stereocenters. The molecule has 0 saturated heterocycles. The molecule has 1 aliphatic heterocycles. The standard InChI is InChI=1S/C24H27N5O/c30-24(28-19-7-2-1-3-8-19)29-13-11-21-18(16-29)10-12-25-23(21)27-20-14-17-6-4-5-9-22(17)26-15-20/h4-6,9-10,12,14-15,19H,1-3,7-8,11,13,16H2,(H,25,27)(H,28,30). The number of anilines is 2. The summed E-state index contributed by atoms with van der Waals surface area (Å²) in [5, 5.41) is 7.77. The molecule has 1 aliphatic carbocycles. The average molecular weight is 402 g/mol. The summed E-state index contributed by atoms with van der Waals surface area (Å²) >= 11 is 0. The Morgan fingerprint density at radius 1 is 1.07 bits per heavy atom. The van der Waals surface area contributed by atoms with E-state index in [0.29, 0.717) is 19.1 Å². The number of para-hydroxylation sites is 1. The Kier molecular flexibility index (Phi) is 5.22. The summed E-state index contributed by atoms with van der Waals surface area (Å²) in [5.74, 6) is 0.858. The SMILES string of the molecule is O=C(NC1CCCCC1)N1CCc2c(ccnc2Nc2cnc3ccccc3c2)C1. The van der Waals surface area contributed by atoms with E-state index in [-0.39, 0.29) is 6.03 Å². The molecule has 0 radical (unpaired) electrons. The van der Waals surface area contributed by atoms with E-state index in [0.717, 1.165) is 47.2 Å². The van der Waals surface area contributed by atoms with Crippen LogP contribution in [0.5, 0.6) is 0 Å². The van der Waals surface area contributed by atoms with Gasteiger partial charge in [0.2, 0.25) is 0 Å². The van der Waals surface area contributed by atoms with Crippen molar-refractivity contribution in [1.82, 2.24) is 20.2 Å². The van der Waals surface area contributed by atoms with Crippen LogP contribution in [0.3, 0.4) is 0 Å². The van der Waals surface area contributed by atoms with Gasteiger partial charge in [0.05, 0.1) is 17.4 Å². The van der Waals surface area contributed by atoms with Gasteiger partial charge in [-0.25, -0.2) is 9.78 Å². The predicted molar refractivity (Wildman–Crippen MR) is 119 cm³/mol. The van der Waals surface area contributed by atoms with E-state index in [2.05, 4.69) is 32.7 Å². The first-order valence-electron chi connectivity index (χ1n) is 10.9. The first-order chi connectivity index (χ1) is 14.8. The Labute approximate surface area is 176 Å². The lowest BCUT2D eigenvalue weighted by atomic mass is 9.95. The quantitative estimate of drug-likeness (QED) is 0.663. The molecule has 3 aromatic rings. The third-order valence-corrected chi connectivity index (χ3v) is 6.22. The molecule has 1 aromatic carbocycles. The maximum atomic E-state index is 12.8.